The van der Waals surface area contributed by atoms with Crippen LogP contribution in [0.3, 0.4) is 0 Å². The summed E-state index contributed by atoms with van der Waals surface area (Å²) >= 11 is 5.84. The molecule has 0 fully saturated rings. The summed E-state index contributed by atoms with van der Waals surface area (Å²) in [5.74, 6) is 0. The van der Waals surface area contributed by atoms with Crippen molar-refractivity contribution in [2.24, 2.45) is 7.05 Å². The second-order valence-electron chi connectivity index (χ2n) is 3.57. The van der Waals surface area contributed by atoms with Gasteiger partial charge in [-0.05, 0) is 13.8 Å². The monoisotopic (exact) mass is 251 g/mol. The number of imidazole rings is 1. The van der Waals surface area contributed by atoms with Gasteiger partial charge in [0.15, 0.2) is 0 Å². The van der Waals surface area contributed by atoms with Gasteiger partial charge >= 0.3 is 0 Å². The predicted molar refractivity (Wildman–Crippen MR) is 58.3 cm³/mol. The van der Waals surface area contributed by atoms with Crippen LogP contribution in [0, 0.1) is 0 Å². The first-order chi connectivity index (χ1) is 6.78. The highest BCUT2D eigenvalue weighted by Crippen LogP contribution is 2.22. The number of rotatable bonds is 3. The molecule has 15 heavy (non-hydrogen) atoms. The zero-order chi connectivity index (χ0) is 11.8. The standard InChI is InChI=1S/C8H14ClN3O2S/c1-6(2)12(4)15(13,14)8-7(9)11(3)5-10-8/h5-6H,1-4H3. The van der Waals surface area contributed by atoms with Crippen LogP contribution in [0.25, 0.3) is 0 Å². The van der Waals surface area contributed by atoms with Crippen molar-refractivity contribution >= 4 is 21.6 Å². The summed E-state index contributed by atoms with van der Waals surface area (Å²) in [7, 11) is -0.431. The van der Waals surface area contributed by atoms with Gasteiger partial charge in [0.05, 0.1) is 6.33 Å². The number of hydrogen-bond donors (Lipinski definition) is 0. The molecular weight excluding hydrogens is 238 g/mol. The van der Waals surface area contributed by atoms with Crippen LogP contribution >= 0.6 is 11.6 Å². The highest BCUT2D eigenvalue weighted by molar-refractivity contribution is 7.89. The Kier molecular flexibility index (Phi) is 3.42. The quantitative estimate of drug-likeness (QED) is 0.809. The van der Waals surface area contributed by atoms with Crippen molar-refractivity contribution in [3.63, 3.8) is 0 Å². The molecule has 0 spiro atoms. The lowest BCUT2D eigenvalue weighted by molar-refractivity contribution is 0.409. The third-order valence-corrected chi connectivity index (χ3v) is 4.71. The maximum Gasteiger partial charge on any atom is 0.263 e. The Morgan fingerprint density at radius 1 is 1.53 bits per heavy atom. The van der Waals surface area contributed by atoms with Crippen molar-refractivity contribution < 1.29 is 8.42 Å². The van der Waals surface area contributed by atoms with E-state index in [1.807, 2.05) is 0 Å². The Morgan fingerprint density at radius 3 is 2.40 bits per heavy atom. The summed E-state index contributed by atoms with van der Waals surface area (Å²) in [6, 6.07) is -0.131. The molecule has 0 unspecified atom stereocenters. The molecule has 5 nitrogen and oxygen atoms in total. The van der Waals surface area contributed by atoms with Crippen LogP contribution in [0.2, 0.25) is 5.15 Å². The largest absolute Gasteiger partial charge is 0.324 e. The van der Waals surface area contributed by atoms with Crippen molar-refractivity contribution in [1.29, 1.82) is 0 Å². The van der Waals surface area contributed by atoms with Gasteiger partial charge in [-0.2, -0.15) is 4.31 Å². The Bertz CT molecular complexity index is 452. The molecule has 0 bridgehead atoms. The SMILES string of the molecule is CC(C)N(C)S(=O)(=O)c1ncn(C)c1Cl. The molecule has 1 heterocycles. The molecular formula is C8H14ClN3O2S. The van der Waals surface area contributed by atoms with Gasteiger partial charge in [-0.1, -0.05) is 11.6 Å². The van der Waals surface area contributed by atoms with Crippen LogP contribution in [-0.2, 0) is 17.1 Å². The van der Waals surface area contributed by atoms with Crippen molar-refractivity contribution in [2.45, 2.75) is 24.9 Å². The molecule has 0 atom stereocenters. The van der Waals surface area contributed by atoms with E-state index in [4.69, 9.17) is 11.6 Å². The minimum absolute atomic E-state index is 0.0946. The number of aryl methyl sites for hydroxylation is 1. The van der Waals surface area contributed by atoms with Gasteiger partial charge in [-0.15, -0.1) is 0 Å². The molecule has 0 radical (unpaired) electrons. The predicted octanol–water partition coefficient (Wildman–Crippen LogP) is 1.10. The van der Waals surface area contributed by atoms with Crippen LogP contribution in [0.5, 0.6) is 0 Å². The number of nitrogens with zero attached hydrogens (tertiary/aromatic N) is 3. The zero-order valence-electron chi connectivity index (χ0n) is 9.10. The Balaban J connectivity index is 3.24. The van der Waals surface area contributed by atoms with Gasteiger partial charge in [0.2, 0.25) is 5.03 Å². The number of sulfonamides is 1. The summed E-state index contributed by atoms with van der Waals surface area (Å²) in [5, 5.41) is 0.0327. The molecule has 1 aromatic rings. The zero-order valence-corrected chi connectivity index (χ0v) is 10.7. The van der Waals surface area contributed by atoms with Crippen LogP contribution in [0.4, 0.5) is 0 Å². The Morgan fingerprint density at radius 2 is 2.07 bits per heavy atom. The third kappa shape index (κ3) is 2.16. The third-order valence-electron chi connectivity index (χ3n) is 2.19. The summed E-state index contributed by atoms with van der Waals surface area (Å²) in [6.45, 7) is 3.57. The molecule has 7 heteroatoms. The minimum Gasteiger partial charge on any atom is -0.324 e. The molecule has 0 aliphatic heterocycles. The summed E-state index contributed by atoms with van der Waals surface area (Å²) in [5.41, 5.74) is 0. The molecule has 0 aliphatic carbocycles. The van der Waals surface area contributed by atoms with Gasteiger partial charge in [0.25, 0.3) is 10.0 Å². The molecule has 0 saturated carbocycles. The average molecular weight is 252 g/mol. The average Bonchev–Trinajstić information content (AvgIpc) is 2.46. The highest BCUT2D eigenvalue weighted by Gasteiger charge is 2.28. The normalized spacial score (nSPS) is 12.7. The van der Waals surface area contributed by atoms with E-state index in [2.05, 4.69) is 4.98 Å². The molecule has 0 aliphatic rings. The smallest absolute Gasteiger partial charge is 0.263 e. The van der Waals surface area contributed by atoms with E-state index >= 15 is 0 Å². The van der Waals surface area contributed by atoms with E-state index in [9.17, 15) is 8.42 Å². The van der Waals surface area contributed by atoms with Crippen LogP contribution < -0.4 is 0 Å². The molecule has 86 valence electrons. The minimum atomic E-state index is -3.58. The van der Waals surface area contributed by atoms with Gasteiger partial charge in [0, 0.05) is 20.1 Å². The lowest BCUT2D eigenvalue weighted by Gasteiger charge is -2.19. The fraction of sp³-hybridized carbons (Fsp3) is 0.625. The second-order valence-corrected chi connectivity index (χ2v) is 5.84. The number of hydrogen-bond acceptors (Lipinski definition) is 3. The lowest BCUT2D eigenvalue weighted by atomic mass is 10.4. The van der Waals surface area contributed by atoms with E-state index in [-0.39, 0.29) is 16.2 Å². The van der Waals surface area contributed by atoms with Gasteiger partial charge in [-0.3, -0.25) is 0 Å². The van der Waals surface area contributed by atoms with E-state index in [1.54, 1.807) is 20.9 Å². The van der Waals surface area contributed by atoms with E-state index < -0.39 is 10.0 Å². The Labute approximate surface area is 94.7 Å². The van der Waals surface area contributed by atoms with E-state index in [1.165, 1.54) is 22.2 Å². The summed E-state index contributed by atoms with van der Waals surface area (Å²) in [6.07, 6.45) is 1.38. The van der Waals surface area contributed by atoms with Gasteiger partial charge in [0.1, 0.15) is 5.15 Å². The first kappa shape index (κ1) is 12.5. The van der Waals surface area contributed by atoms with Gasteiger partial charge < -0.3 is 4.57 Å². The van der Waals surface area contributed by atoms with E-state index in [0.717, 1.165) is 0 Å². The topological polar surface area (TPSA) is 55.2 Å². The van der Waals surface area contributed by atoms with Crippen LogP contribution in [0.1, 0.15) is 13.8 Å². The number of aromatic nitrogens is 2. The first-order valence-electron chi connectivity index (χ1n) is 4.43. The van der Waals surface area contributed by atoms with Crippen molar-refractivity contribution in [3.8, 4) is 0 Å². The Hall–Kier alpha value is -0.590. The molecule has 1 aromatic heterocycles. The van der Waals surface area contributed by atoms with Crippen LogP contribution in [0.15, 0.2) is 11.4 Å². The maximum absolute atomic E-state index is 12.0. The summed E-state index contributed by atoms with van der Waals surface area (Å²) < 4.78 is 26.6. The molecule has 0 saturated heterocycles. The van der Waals surface area contributed by atoms with Crippen LogP contribution in [-0.4, -0.2) is 35.4 Å². The molecule has 0 aromatic carbocycles. The molecule has 1 rings (SSSR count). The molecule has 0 N–H and O–H groups in total. The summed E-state index contributed by atoms with van der Waals surface area (Å²) in [4.78, 5) is 3.79. The van der Waals surface area contributed by atoms with Gasteiger partial charge in [-0.25, -0.2) is 13.4 Å². The fourth-order valence-corrected chi connectivity index (χ4v) is 2.73. The van der Waals surface area contributed by atoms with Crippen molar-refractivity contribution in [3.05, 3.63) is 11.5 Å². The fourth-order valence-electron chi connectivity index (χ4n) is 0.981. The lowest BCUT2D eigenvalue weighted by Crippen LogP contribution is -2.33. The van der Waals surface area contributed by atoms with Crippen molar-refractivity contribution in [2.75, 3.05) is 7.05 Å². The van der Waals surface area contributed by atoms with Crippen molar-refractivity contribution in [1.82, 2.24) is 13.9 Å². The maximum atomic E-state index is 12.0. The molecule has 0 amide bonds. The first-order valence-corrected chi connectivity index (χ1v) is 6.25. The van der Waals surface area contributed by atoms with E-state index in [0.29, 0.717) is 0 Å². The second kappa shape index (κ2) is 4.11. The number of halogens is 1. The highest BCUT2D eigenvalue weighted by atomic mass is 35.5.